The van der Waals surface area contributed by atoms with E-state index in [1.807, 2.05) is 12.1 Å². The minimum atomic E-state index is -0.239. The van der Waals surface area contributed by atoms with Crippen LogP contribution in [0.2, 0.25) is 0 Å². The zero-order valence-electron chi connectivity index (χ0n) is 17.2. The molecule has 1 aromatic carbocycles. The molecule has 1 N–H and O–H groups in total. The number of piperidine rings is 1. The minimum absolute atomic E-state index is 0.239. The van der Waals surface area contributed by atoms with Crippen molar-refractivity contribution in [1.82, 2.24) is 19.6 Å². The normalized spacial score (nSPS) is 14.6. The summed E-state index contributed by atoms with van der Waals surface area (Å²) in [5.41, 5.74) is 2.61. The van der Waals surface area contributed by atoms with Gasteiger partial charge in [-0.15, -0.1) is 5.10 Å². The Bertz CT molecular complexity index is 1170. The van der Waals surface area contributed by atoms with Gasteiger partial charge >= 0.3 is 0 Å². The highest BCUT2D eigenvalue weighted by atomic mass is 16.1. The highest BCUT2D eigenvalue weighted by Gasteiger charge is 2.21. The number of nitrogens with zero attached hydrogens (tertiary/aromatic N) is 5. The van der Waals surface area contributed by atoms with Gasteiger partial charge in [-0.3, -0.25) is 9.78 Å². The first kappa shape index (κ1) is 19.2. The standard InChI is InChI=1S/C24H24N6O/c31-24(20-7-4-12-25-16-20)27-21-17-30-22(26-21)8-9-23(28-30)29-13-10-19(11-14-29)15-18-5-2-1-3-6-18/h1-9,12,16-17,19H,10-11,13-15H2,(H,27,31). The minimum Gasteiger partial charge on any atom is -0.355 e. The Balaban J connectivity index is 1.24. The van der Waals surface area contributed by atoms with Crippen LogP contribution >= 0.6 is 0 Å². The molecule has 0 atom stereocenters. The van der Waals surface area contributed by atoms with E-state index in [2.05, 4.69) is 50.5 Å². The van der Waals surface area contributed by atoms with Crippen LogP contribution in [0, 0.1) is 5.92 Å². The SMILES string of the molecule is O=C(Nc1cn2nc(N3CCC(Cc4ccccc4)CC3)ccc2n1)c1cccnc1. The van der Waals surface area contributed by atoms with E-state index in [0.717, 1.165) is 38.2 Å². The maximum atomic E-state index is 12.3. The van der Waals surface area contributed by atoms with Crippen molar-refractivity contribution in [3.63, 3.8) is 0 Å². The number of amides is 1. The zero-order valence-corrected chi connectivity index (χ0v) is 17.2. The van der Waals surface area contributed by atoms with E-state index in [4.69, 9.17) is 5.10 Å². The molecule has 1 aliphatic rings. The first-order valence-corrected chi connectivity index (χ1v) is 10.6. The van der Waals surface area contributed by atoms with E-state index in [9.17, 15) is 4.79 Å². The van der Waals surface area contributed by atoms with Crippen LogP contribution in [0.3, 0.4) is 0 Å². The number of aromatic nitrogens is 4. The van der Waals surface area contributed by atoms with Crippen LogP contribution < -0.4 is 10.2 Å². The van der Waals surface area contributed by atoms with Gasteiger partial charge in [-0.05, 0) is 55.0 Å². The monoisotopic (exact) mass is 412 g/mol. The van der Waals surface area contributed by atoms with E-state index in [1.54, 1.807) is 29.0 Å². The Labute approximate surface area is 180 Å². The number of fused-ring (bicyclic) bond motifs is 1. The number of hydrogen-bond donors (Lipinski definition) is 1. The largest absolute Gasteiger partial charge is 0.355 e. The quantitative estimate of drug-likeness (QED) is 0.539. The first-order valence-electron chi connectivity index (χ1n) is 10.6. The van der Waals surface area contributed by atoms with Crippen LogP contribution in [0.25, 0.3) is 5.65 Å². The number of hydrogen-bond acceptors (Lipinski definition) is 5. The van der Waals surface area contributed by atoms with Crippen molar-refractivity contribution in [3.8, 4) is 0 Å². The van der Waals surface area contributed by atoms with Crippen LogP contribution in [0.5, 0.6) is 0 Å². The van der Waals surface area contributed by atoms with Gasteiger partial charge in [-0.25, -0.2) is 9.50 Å². The lowest BCUT2D eigenvalue weighted by Gasteiger charge is -2.32. The van der Waals surface area contributed by atoms with Gasteiger partial charge in [0, 0.05) is 25.5 Å². The molecule has 1 saturated heterocycles. The second-order valence-corrected chi connectivity index (χ2v) is 7.94. The Kier molecular flexibility index (Phi) is 5.31. The second-order valence-electron chi connectivity index (χ2n) is 7.94. The van der Waals surface area contributed by atoms with Gasteiger partial charge in [0.2, 0.25) is 0 Å². The summed E-state index contributed by atoms with van der Waals surface area (Å²) in [7, 11) is 0. The van der Waals surface area contributed by atoms with Gasteiger partial charge in [0.1, 0.15) is 5.82 Å². The molecule has 156 valence electrons. The lowest BCUT2D eigenvalue weighted by Crippen LogP contribution is -2.35. The molecule has 31 heavy (non-hydrogen) atoms. The lowest BCUT2D eigenvalue weighted by atomic mass is 9.90. The maximum absolute atomic E-state index is 12.3. The number of carbonyl (C=O) groups excluding carboxylic acids is 1. The highest BCUT2D eigenvalue weighted by molar-refractivity contribution is 6.03. The van der Waals surface area contributed by atoms with Crippen LogP contribution in [0.1, 0.15) is 28.8 Å². The molecule has 0 aliphatic carbocycles. The molecular formula is C24H24N6O. The summed E-state index contributed by atoms with van der Waals surface area (Å²) in [5.74, 6) is 1.88. The summed E-state index contributed by atoms with van der Waals surface area (Å²) in [6, 6.07) is 18.1. The molecule has 4 aromatic rings. The van der Waals surface area contributed by atoms with Crippen molar-refractivity contribution in [2.45, 2.75) is 19.3 Å². The molecule has 0 spiro atoms. The van der Waals surface area contributed by atoms with Gasteiger partial charge in [-0.2, -0.15) is 0 Å². The summed E-state index contributed by atoms with van der Waals surface area (Å²) in [4.78, 5) is 23.1. The molecule has 5 rings (SSSR count). The second kappa shape index (κ2) is 8.55. The van der Waals surface area contributed by atoms with E-state index >= 15 is 0 Å². The van der Waals surface area contributed by atoms with Crippen molar-refractivity contribution in [2.75, 3.05) is 23.3 Å². The maximum Gasteiger partial charge on any atom is 0.258 e. The van der Waals surface area contributed by atoms with Crippen LogP contribution in [0.15, 0.2) is 73.2 Å². The van der Waals surface area contributed by atoms with Gasteiger partial charge in [0.15, 0.2) is 11.5 Å². The highest BCUT2D eigenvalue weighted by Crippen LogP contribution is 2.25. The topological polar surface area (TPSA) is 75.4 Å². The number of imidazole rings is 1. The third kappa shape index (κ3) is 4.40. The smallest absolute Gasteiger partial charge is 0.258 e. The van der Waals surface area contributed by atoms with Crippen LogP contribution in [-0.2, 0) is 6.42 Å². The van der Waals surface area contributed by atoms with Crippen LogP contribution in [0.4, 0.5) is 11.6 Å². The molecule has 7 nitrogen and oxygen atoms in total. The summed E-state index contributed by atoms with van der Waals surface area (Å²) in [5, 5.41) is 7.54. The van der Waals surface area contributed by atoms with E-state index in [1.165, 1.54) is 11.8 Å². The fourth-order valence-electron chi connectivity index (χ4n) is 4.10. The fraction of sp³-hybridized carbons (Fsp3) is 0.250. The van der Waals surface area contributed by atoms with Crippen LogP contribution in [-0.4, -0.2) is 38.6 Å². The Morgan fingerprint density at radius 1 is 1.03 bits per heavy atom. The Morgan fingerprint density at radius 2 is 1.87 bits per heavy atom. The number of pyridine rings is 1. The predicted molar refractivity (Wildman–Crippen MR) is 120 cm³/mol. The third-order valence-corrected chi connectivity index (χ3v) is 5.78. The average molecular weight is 412 g/mol. The zero-order chi connectivity index (χ0) is 21.0. The number of carbonyl (C=O) groups is 1. The van der Waals surface area contributed by atoms with Crippen molar-refractivity contribution >= 4 is 23.2 Å². The number of nitrogens with one attached hydrogen (secondary N) is 1. The van der Waals surface area contributed by atoms with Gasteiger partial charge in [0.05, 0.1) is 11.8 Å². The van der Waals surface area contributed by atoms with Gasteiger partial charge in [-0.1, -0.05) is 30.3 Å². The van der Waals surface area contributed by atoms with Crippen molar-refractivity contribution < 1.29 is 4.79 Å². The molecular weight excluding hydrogens is 388 g/mol. The Hall–Kier alpha value is -3.74. The van der Waals surface area contributed by atoms with E-state index < -0.39 is 0 Å². The van der Waals surface area contributed by atoms with Gasteiger partial charge < -0.3 is 10.2 Å². The van der Waals surface area contributed by atoms with Crippen molar-refractivity contribution in [3.05, 3.63) is 84.3 Å². The summed E-state index contributed by atoms with van der Waals surface area (Å²) in [6.07, 6.45) is 8.37. The molecule has 3 aromatic heterocycles. The molecule has 0 saturated carbocycles. The summed E-state index contributed by atoms with van der Waals surface area (Å²) < 4.78 is 1.73. The number of benzene rings is 1. The molecule has 4 heterocycles. The molecule has 0 unspecified atom stereocenters. The molecule has 7 heteroatoms. The van der Waals surface area contributed by atoms with E-state index in [0.29, 0.717) is 22.9 Å². The average Bonchev–Trinajstić information content (AvgIpc) is 3.22. The molecule has 0 bridgehead atoms. The summed E-state index contributed by atoms with van der Waals surface area (Å²) >= 11 is 0. The summed E-state index contributed by atoms with van der Waals surface area (Å²) in [6.45, 7) is 1.99. The third-order valence-electron chi connectivity index (χ3n) is 5.78. The van der Waals surface area contributed by atoms with Crippen molar-refractivity contribution in [1.29, 1.82) is 0 Å². The van der Waals surface area contributed by atoms with Gasteiger partial charge in [0.25, 0.3) is 5.91 Å². The molecule has 1 fully saturated rings. The Morgan fingerprint density at radius 3 is 2.65 bits per heavy atom. The van der Waals surface area contributed by atoms with Crippen molar-refractivity contribution in [2.24, 2.45) is 5.92 Å². The molecule has 1 aliphatic heterocycles. The first-order chi connectivity index (χ1) is 15.2. The molecule has 1 amide bonds. The number of rotatable bonds is 5. The number of anilines is 2. The van der Waals surface area contributed by atoms with E-state index in [-0.39, 0.29) is 5.91 Å². The lowest BCUT2D eigenvalue weighted by molar-refractivity contribution is 0.102. The fourth-order valence-corrected chi connectivity index (χ4v) is 4.10. The molecule has 0 radical (unpaired) electrons. The predicted octanol–water partition coefficient (Wildman–Crippen LogP) is 3.84.